The Morgan fingerprint density at radius 1 is 0.964 bits per heavy atom. The van der Waals surface area contributed by atoms with Gasteiger partial charge in [-0.3, -0.25) is 9.69 Å². The highest BCUT2D eigenvalue weighted by Crippen LogP contribution is 2.23. The molecule has 2 rings (SSSR count). The van der Waals surface area contributed by atoms with Gasteiger partial charge >= 0.3 is 6.09 Å². The topological polar surface area (TPSA) is 46.6 Å². The van der Waals surface area contributed by atoms with Crippen molar-refractivity contribution in [3.8, 4) is 0 Å². The molecule has 4 nitrogen and oxygen atoms in total. The lowest BCUT2D eigenvalue weighted by Gasteiger charge is -2.23. The van der Waals surface area contributed by atoms with Crippen molar-refractivity contribution in [2.75, 3.05) is 13.2 Å². The van der Waals surface area contributed by atoms with Gasteiger partial charge in [-0.25, -0.2) is 4.79 Å². The Labute approximate surface area is 170 Å². The number of ether oxygens (including phenoxy) is 1. The third-order valence-electron chi connectivity index (χ3n) is 5.57. The highest BCUT2D eigenvalue weighted by Gasteiger charge is 2.35. The molecule has 0 radical (unpaired) electrons. The Morgan fingerprint density at radius 2 is 1.64 bits per heavy atom. The second-order valence-electron chi connectivity index (χ2n) is 7.90. The zero-order valence-corrected chi connectivity index (χ0v) is 17.8. The van der Waals surface area contributed by atoms with E-state index in [1.807, 2.05) is 12.1 Å². The van der Waals surface area contributed by atoms with Gasteiger partial charge in [-0.2, -0.15) is 0 Å². The van der Waals surface area contributed by atoms with Gasteiger partial charge in [0, 0.05) is 12.1 Å². The summed E-state index contributed by atoms with van der Waals surface area (Å²) < 4.78 is 5.32. The molecule has 4 heteroatoms. The lowest BCUT2D eigenvalue weighted by Crippen LogP contribution is -2.41. The molecule has 156 valence electrons. The molecule has 0 aliphatic carbocycles. The van der Waals surface area contributed by atoms with Gasteiger partial charge in [0.05, 0.1) is 12.6 Å². The molecule has 0 spiro atoms. The largest absolute Gasteiger partial charge is 0.449 e. The third-order valence-corrected chi connectivity index (χ3v) is 5.57. The fourth-order valence-electron chi connectivity index (χ4n) is 3.78. The van der Waals surface area contributed by atoms with Crippen LogP contribution in [0.15, 0.2) is 24.3 Å². The van der Waals surface area contributed by atoms with Crippen molar-refractivity contribution in [1.82, 2.24) is 4.90 Å². The van der Waals surface area contributed by atoms with Crippen LogP contribution in [0.4, 0.5) is 4.79 Å². The van der Waals surface area contributed by atoms with Crippen LogP contribution in [0.3, 0.4) is 0 Å². The van der Waals surface area contributed by atoms with Crippen molar-refractivity contribution in [2.45, 2.75) is 90.5 Å². The predicted octanol–water partition coefficient (Wildman–Crippen LogP) is 6.17. The zero-order chi connectivity index (χ0) is 20.2. The first kappa shape index (κ1) is 22.4. The van der Waals surface area contributed by atoms with Gasteiger partial charge in [-0.15, -0.1) is 0 Å². The van der Waals surface area contributed by atoms with Crippen LogP contribution in [0.2, 0.25) is 0 Å². The smallest absolute Gasteiger partial charge is 0.410 e. The average molecular weight is 388 g/mol. The van der Waals surface area contributed by atoms with E-state index in [9.17, 15) is 9.59 Å². The molecule has 1 amide bonds. The summed E-state index contributed by atoms with van der Waals surface area (Å²) in [6.07, 6.45) is 11.9. The van der Waals surface area contributed by atoms with Crippen LogP contribution in [0.5, 0.6) is 0 Å². The normalized spacial score (nSPS) is 16.4. The Hall–Kier alpha value is -1.84. The molecule has 0 aromatic heterocycles. The second kappa shape index (κ2) is 12.6. The molecule has 1 aliphatic rings. The van der Waals surface area contributed by atoms with Crippen LogP contribution in [0.25, 0.3) is 0 Å². The minimum atomic E-state index is -0.376. The summed E-state index contributed by atoms with van der Waals surface area (Å²) in [6.45, 7) is 5.34. The van der Waals surface area contributed by atoms with E-state index < -0.39 is 0 Å². The number of carbonyl (C=O) groups excluding carboxylic acids is 2. The number of unbranched alkanes of at least 4 members (excludes halogenated alkanes) is 6. The molecule has 1 fully saturated rings. The quantitative estimate of drug-likeness (QED) is 0.318. The van der Waals surface area contributed by atoms with Gasteiger partial charge in [-0.05, 0) is 37.7 Å². The van der Waals surface area contributed by atoms with E-state index in [4.69, 9.17) is 4.74 Å². The molecule has 0 N–H and O–H groups in total. The van der Waals surface area contributed by atoms with Crippen LogP contribution in [0, 0.1) is 0 Å². The van der Waals surface area contributed by atoms with Crippen molar-refractivity contribution in [3.63, 3.8) is 0 Å². The Kier molecular flexibility index (Phi) is 10.1. The number of ketones is 1. The number of likely N-dealkylation sites (tertiary alicyclic amines) is 1. The third kappa shape index (κ3) is 6.96. The fourth-order valence-corrected chi connectivity index (χ4v) is 3.78. The molecule has 1 heterocycles. The number of benzene rings is 1. The first-order chi connectivity index (χ1) is 13.7. The fraction of sp³-hybridized carbons (Fsp3) is 0.667. The Bertz CT molecular complexity index is 596. The lowest BCUT2D eigenvalue weighted by atomic mass is 9.99. The molecule has 0 unspecified atom stereocenters. The number of Topliss-reactive ketones (excluding diaryl/α,β-unsaturated/α-hetero) is 1. The lowest BCUT2D eigenvalue weighted by molar-refractivity contribution is 0.0757. The van der Waals surface area contributed by atoms with Gasteiger partial charge in [-0.1, -0.05) is 76.6 Å². The van der Waals surface area contributed by atoms with Gasteiger partial charge in [0.15, 0.2) is 5.78 Å². The molecule has 1 saturated heterocycles. The number of carbonyl (C=O) groups is 2. The van der Waals surface area contributed by atoms with Gasteiger partial charge in [0.1, 0.15) is 0 Å². The number of hydrogen-bond donors (Lipinski definition) is 0. The van der Waals surface area contributed by atoms with Crippen molar-refractivity contribution < 1.29 is 14.3 Å². The van der Waals surface area contributed by atoms with Crippen molar-refractivity contribution in [2.24, 2.45) is 0 Å². The summed E-state index contributed by atoms with van der Waals surface area (Å²) in [4.78, 5) is 26.8. The van der Waals surface area contributed by atoms with Crippen molar-refractivity contribution in [1.29, 1.82) is 0 Å². The van der Waals surface area contributed by atoms with Gasteiger partial charge in [0.2, 0.25) is 0 Å². The number of amides is 1. The van der Waals surface area contributed by atoms with Crippen LogP contribution in [-0.4, -0.2) is 36.0 Å². The van der Waals surface area contributed by atoms with E-state index in [1.54, 1.807) is 4.90 Å². The maximum atomic E-state index is 12.9. The summed E-state index contributed by atoms with van der Waals surface area (Å²) in [7, 11) is 0. The van der Waals surface area contributed by atoms with Crippen LogP contribution in [-0.2, 0) is 11.2 Å². The van der Waals surface area contributed by atoms with E-state index >= 15 is 0 Å². The summed E-state index contributed by atoms with van der Waals surface area (Å²) in [5.74, 6) is 0.0380. The molecule has 1 aliphatic heterocycles. The minimum Gasteiger partial charge on any atom is -0.449 e. The predicted molar refractivity (Wildman–Crippen MR) is 114 cm³/mol. The summed E-state index contributed by atoms with van der Waals surface area (Å²) >= 11 is 0. The first-order valence-corrected chi connectivity index (χ1v) is 11.2. The standard InChI is InChI=1S/C24H37NO3/c1-3-5-7-8-9-10-12-20-14-16-21(17-15-20)23(26)22-13-11-18-25(22)24(27)28-19-6-4-2/h14-17,22H,3-13,18-19H2,1-2H3/t22-/m0/s1. The number of rotatable bonds is 12. The van der Waals surface area contributed by atoms with Gasteiger partial charge < -0.3 is 4.74 Å². The molecule has 1 aromatic carbocycles. The molecule has 0 bridgehead atoms. The minimum absolute atomic E-state index is 0.0380. The van der Waals surface area contributed by atoms with Crippen molar-refractivity contribution in [3.05, 3.63) is 35.4 Å². The number of nitrogens with zero attached hydrogens (tertiary/aromatic N) is 1. The van der Waals surface area contributed by atoms with E-state index in [2.05, 4.69) is 26.0 Å². The first-order valence-electron chi connectivity index (χ1n) is 11.2. The summed E-state index contributed by atoms with van der Waals surface area (Å²) in [5, 5.41) is 0. The molecule has 28 heavy (non-hydrogen) atoms. The highest BCUT2D eigenvalue weighted by molar-refractivity contribution is 6.01. The highest BCUT2D eigenvalue weighted by atomic mass is 16.6. The molecule has 1 atom stereocenters. The van der Waals surface area contributed by atoms with E-state index in [0.717, 1.165) is 32.1 Å². The van der Waals surface area contributed by atoms with Crippen LogP contribution < -0.4 is 0 Å². The van der Waals surface area contributed by atoms with Crippen LogP contribution in [0.1, 0.15) is 94.0 Å². The summed E-state index contributed by atoms with van der Waals surface area (Å²) in [6, 6.07) is 7.61. The van der Waals surface area contributed by atoms with E-state index in [0.29, 0.717) is 18.7 Å². The van der Waals surface area contributed by atoms with Crippen LogP contribution >= 0.6 is 0 Å². The maximum Gasteiger partial charge on any atom is 0.410 e. The molecule has 0 saturated carbocycles. The monoisotopic (exact) mass is 387 g/mol. The Balaban J connectivity index is 1.83. The zero-order valence-electron chi connectivity index (χ0n) is 17.8. The Morgan fingerprint density at radius 3 is 2.36 bits per heavy atom. The summed E-state index contributed by atoms with van der Waals surface area (Å²) in [5.41, 5.74) is 1.99. The molecule has 1 aromatic rings. The number of aryl methyl sites for hydroxylation is 1. The number of hydrogen-bond acceptors (Lipinski definition) is 3. The SMILES string of the molecule is CCCCCCCCc1ccc(C(=O)[C@@H]2CCCN2C(=O)OCCCC)cc1. The van der Waals surface area contributed by atoms with E-state index in [-0.39, 0.29) is 17.9 Å². The average Bonchev–Trinajstić information content (AvgIpc) is 3.20. The van der Waals surface area contributed by atoms with Gasteiger partial charge in [0.25, 0.3) is 0 Å². The molecular formula is C24H37NO3. The van der Waals surface area contributed by atoms with Crippen molar-refractivity contribution >= 4 is 11.9 Å². The molecular weight excluding hydrogens is 350 g/mol. The second-order valence-corrected chi connectivity index (χ2v) is 7.90. The van der Waals surface area contributed by atoms with E-state index in [1.165, 1.54) is 44.1 Å². The maximum absolute atomic E-state index is 12.9.